The summed E-state index contributed by atoms with van der Waals surface area (Å²) in [4.78, 5) is 2.21. The number of hydrogen-bond donors (Lipinski definition) is 1. The van der Waals surface area contributed by atoms with E-state index in [0.29, 0.717) is 31.3 Å². The highest BCUT2D eigenvalue weighted by Crippen LogP contribution is 2.32. The number of halogens is 1. The lowest BCUT2D eigenvalue weighted by atomic mass is 10.1. The van der Waals surface area contributed by atoms with E-state index in [1.807, 2.05) is 37.3 Å². The van der Waals surface area contributed by atoms with Gasteiger partial charge in [-0.1, -0.05) is 31.2 Å². The van der Waals surface area contributed by atoms with E-state index in [4.69, 9.17) is 14.6 Å². The summed E-state index contributed by atoms with van der Waals surface area (Å²) in [7, 11) is 0. The minimum atomic E-state index is -0.639. The molecule has 0 aliphatic heterocycles. The summed E-state index contributed by atoms with van der Waals surface area (Å²) >= 11 is 0. The van der Waals surface area contributed by atoms with Gasteiger partial charge in [-0.25, -0.2) is 9.07 Å². The quantitative estimate of drug-likeness (QED) is 0.274. The Bertz CT molecular complexity index is 1040. The van der Waals surface area contributed by atoms with Crippen LogP contribution in [0.25, 0.3) is 5.69 Å². The molecule has 1 heterocycles. The molecule has 0 saturated heterocycles. The van der Waals surface area contributed by atoms with Crippen molar-refractivity contribution < 1.29 is 19.0 Å². The van der Waals surface area contributed by atoms with E-state index in [-0.39, 0.29) is 18.5 Å². The Morgan fingerprint density at radius 2 is 1.88 bits per heavy atom. The molecule has 7 heteroatoms. The lowest BCUT2D eigenvalue weighted by molar-refractivity contribution is 0.0155. The number of ether oxygens (including phenoxy) is 2. The summed E-state index contributed by atoms with van der Waals surface area (Å²) in [6, 6.07) is 15.9. The normalized spacial score (nSPS) is 13.1. The summed E-state index contributed by atoms with van der Waals surface area (Å²) < 4.78 is 27.0. The van der Waals surface area contributed by atoms with Gasteiger partial charge >= 0.3 is 0 Å². The number of para-hydroxylation sites is 1. The minimum absolute atomic E-state index is 0.215. The van der Waals surface area contributed by atoms with Crippen LogP contribution >= 0.6 is 0 Å². The van der Waals surface area contributed by atoms with E-state index in [1.54, 1.807) is 22.9 Å². The van der Waals surface area contributed by atoms with E-state index in [0.717, 1.165) is 23.4 Å². The van der Waals surface area contributed by atoms with E-state index < -0.39 is 6.10 Å². The molecule has 0 aliphatic rings. The van der Waals surface area contributed by atoms with Gasteiger partial charge in [0.2, 0.25) is 5.88 Å². The zero-order valence-electron chi connectivity index (χ0n) is 20.2. The number of aliphatic hydroxyl groups excluding tert-OH is 1. The molecule has 2 atom stereocenters. The zero-order chi connectivity index (χ0) is 24.5. The van der Waals surface area contributed by atoms with Gasteiger partial charge in [0.05, 0.1) is 36.3 Å². The molecule has 0 saturated carbocycles. The fourth-order valence-electron chi connectivity index (χ4n) is 3.66. The fourth-order valence-corrected chi connectivity index (χ4v) is 3.66. The Morgan fingerprint density at radius 1 is 1.18 bits per heavy atom. The largest absolute Gasteiger partial charge is 0.439 e. The molecule has 0 radical (unpaired) electrons. The van der Waals surface area contributed by atoms with Crippen molar-refractivity contribution in [2.24, 2.45) is 0 Å². The molecule has 1 aromatic heterocycles. The van der Waals surface area contributed by atoms with Crippen molar-refractivity contribution in [1.29, 1.82) is 0 Å². The second-order valence-corrected chi connectivity index (χ2v) is 8.34. The van der Waals surface area contributed by atoms with Crippen molar-refractivity contribution in [3.8, 4) is 17.3 Å². The van der Waals surface area contributed by atoms with Crippen LogP contribution in [0.1, 0.15) is 31.5 Å². The number of aryl methyl sites for hydroxylation is 1. The zero-order valence-corrected chi connectivity index (χ0v) is 20.2. The minimum Gasteiger partial charge on any atom is -0.439 e. The molecular weight excluding hydrogens is 433 g/mol. The van der Waals surface area contributed by atoms with Crippen LogP contribution in [0.5, 0.6) is 11.6 Å². The van der Waals surface area contributed by atoms with Gasteiger partial charge in [0.1, 0.15) is 11.6 Å². The summed E-state index contributed by atoms with van der Waals surface area (Å²) in [6.07, 6.45) is 1.94. The van der Waals surface area contributed by atoms with Crippen LogP contribution in [0.4, 0.5) is 4.39 Å². The van der Waals surface area contributed by atoms with Crippen LogP contribution in [-0.4, -0.2) is 51.7 Å². The van der Waals surface area contributed by atoms with Gasteiger partial charge in [-0.05, 0) is 56.7 Å². The van der Waals surface area contributed by atoms with Gasteiger partial charge in [0, 0.05) is 19.1 Å². The molecule has 6 nitrogen and oxygen atoms in total. The molecule has 0 spiro atoms. The smallest absolute Gasteiger partial charge is 0.227 e. The van der Waals surface area contributed by atoms with Crippen molar-refractivity contribution >= 4 is 0 Å². The summed E-state index contributed by atoms with van der Waals surface area (Å²) in [5.41, 5.74) is 2.60. The van der Waals surface area contributed by atoms with Crippen LogP contribution in [0.3, 0.4) is 0 Å². The van der Waals surface area contributed by atoms with Gasteiger partial charge < -0.3 is 14.6 Å². The Kier molecular flexibility index (Phi) is 9.39. The molecule has 0 bridgehead atoms. The molecule has 182 valence electrons. The first-order valence-electron chi connectivity index (χ1n) is 11.6. The number of benzene rings is 2. The average Bonchev–Trinajstić information content (AvgIpc) is 3.15. The van der Waals surface area contributed by atoms with Crippen molar-refractivity contribution in [3.05, 3.63) is 84.3 Å². The average molecular weight is 468 g/mol. The first-order chi connectivity index (χ1) is 16.4. The summed E-state index contributed by atoms with van der Waals surface area (Å²) in [6.45, 7) is 11.5. The molecule has 0 amide bonds. The monoisotopic (exact) mass is 467 g/mol. The molecule has 0 unspecified atom stereocenters. The highest BCUT2D eigenvalue weighted by molar-refractivity contribution is 5.43. The van der Waals surface area contributed by atoms with Crippen LogP contribution in [0, 0.1) is 12.7 Å². The van der Waals surface area contributed by atoms with Crippen molar-refractivity contribution in [3.63, 3.8) is 0 Å². The van der Waals surface area contributed by atoms with Gasteiger partial charge in [-0.15, -0.1) is 6.58 Å². The summed E-state index contributed by atoms with van der Waals surface area (Å²) in [5.74, 6) is 0.768. The van der Waals surface area contributed by atoms with Gasteiger partial charge in [0.25, 0.3) is 0 Å². The Labute approximate surface area is 201 Å². The molecule has 3 rings (SSSR count). The maximum absolute atomic E-state index is 13.5. The van der Waals surface area contributed by atoms with Crippen LogP contribution in [0.2, 0.25) is 0 Å². The second kappa shape index (κ2) is 12.5. The Balaban J connectivity index is 1.94. The molecule has 1 N–H and O–H groups in total. The third kappa shape index (κ3) is 6.76. The van der Waals surface area contributed by atoms with E-state index in [2.05, 4.69) is 25.3 Å². The highest BCUT2D eigenvalue weighted by Gasteiger charge is 2.24. The lowest BCUT2D eigenvalue weighted by Crippen LogP contribution is -2.40. The maximum atomic E-state index is 13.5. The van der Waals surface area contributed by atoms with Crippen LogP contribution in [0.15, 0.2) is 67.3 Å². The Morgan fingerprint density at radius 3 is 2.53 bits per heavy atom. The number of aromatic nitrogens is 2. The predicted molar refractivity (Wildman–Crippen MR) is 132 cm³/mol. The van der Waals surface area contributed by atoms with E-state index in [1.165, 1.54) is 12.1 Å². The van der Waals surface area contributed by atoms with Gasteiger partial charge in [-0.3, -0.25) is 4.90 Å². The van der Waals surface area contributed by atoms with Crippen molar-refractivity contribution in [2.75, 3.05) is 19.8 Å². The molecule has 3 aromatic rings. The lowest BCUT2D eigenvalue weighted by Gasteiger charge is -2.30. The predicted octanol–water partition coefficient (Wildman–Crippen LogP) is 5.28. The van der Waals surface area contributed by atoms with E-state index >= 15 is 0 Å². The number of nitrogens with zero attached hydrogens (tertiary/aromatic N) is 3. The standard InChI is InChI=1S/C27H34FN3O3/c1-5-16-33-19-24(32)17-30(20(3)6-2)18-26-21(4)29-31(23-10-8-7-9-11-23)27(26)34-25-14-12-22(28)13-15-25/h5,7-15,20,24,32H,1,6,16-19H2,2-4H3/t20-,24-/m0/s1. The first kappa shape index (κ1) is 25.6. The third-order valence-corrected chi connectivity index (χ3v) is 5.73. The number of hydrogen-bond acceptors (Lipinski definition) is 5. The van der Waals surface area contributed by atoms with Crippen LogP contribution < -0.4 is 4.74 Å². The van der Waals surface area contributed by atoms with Crippen molar-refractivity contribution in [2.45, 2.75) is 45.9 Å². The number of aliphatic hydroxyl groups is 1. The highest BCUT2D eigenvalue weighted by atomic mass is 19.1. The molecule has 2 aromatic carbocycles. The fraction of sp³-hybridized carbons (Fsp3) is 0.370. The second-order valence-electron chi connectivity index (χ2n) is 8.34. The first-order valence-corrected chi connectivity index (χ1v) is 11.6. The molecule has 0 aliphatic carbocycles. The van der Waals surface area contributed by atoms with Crippen LogP contribution in [-0.2, 0) is 11.3 Å². The SMILES string of the molecule is C=CCOC[C@@H](O)CN(Cc1c(C)nn(-c2ccccc2)c1Oc1ccc(F)cc1)[C@@H](C)CC. The third-order valence-electron chi connectivity index (χ3n) is 5.73. The van der Waals surface area contributed by atoms with Gasteiger partial charge in [-0.2, -0.15) is 5.10 Å². The number of rotatable bonds is 13. The Hall–Kier alpha value is -3.00. The summed E-state index contributed by atoms with van der Waals surface area (Å²) in [5, 5.41) is 15.3. The molecule has 34 heavy (non-hydrogen) atoms. The van der Waals surface area contributed by atoms with Crippen molar-refractivity contribution in [1.82, 2.24) is 14.7 Å². The van der Waals surface area contributed by atoms with E-state index in [9.17, 15) is 9.50 Å². The maximum Gasteiger partial charge on any atom is 0.227 e. The topological polar surface area (TPSA) is 59.8 Å². The molecular formula is C27H34FN3O3. The molecule has 0 fully saturated rings. The van der Waals surface area contributed by atoms with Gasteiger partial charge in [0.15, 0.2) is 0 Å².